The van der Waals surface area contributed by atoms with Crippen molar-refractivity contribution in [1.82, 2.24) is 5.32 Å². The maximum atomic E-state index is 12.7. The summed E-state index contributed by atoms with van der Waals surface area (Å²) < 4.78 is 0. The number of benzene rings is 2. The number of carbonyl (C=O) groups excluding carboxylic acids is 1. The lowest BCUT2D eigenvalue weighted by atomic mass is 10.0. The van der Waals surface area contributed by atoms with E-state index < -0.39 is 0 Å². The topological polar surface area (TPSA) is 41.2 Å². The van der Waals surface area contributed by atoms with Crippen molar-refractivity contribution in [1.29, 1.82) is 0 Å². The molecule has 1 heterocycles. The van der Waals surface area contributed by atoms with Crippen LogP contribution >= 0.6 is 0 Å². The predicted octanol–water partition coefficient (Wildman–Crippen LogP) is -0.0547. The minimum atomic E-state index is 0.0205. The van der Waals surface area contributed by atoms with E-state index in [9.17, 15) is 4.79 Å². The van der Waals surface area contributed by atoms with E-state index in [1.807, 2.05) is 31.2 Å². The molecule has 1 aliphatic heterocycles. The van der Waals surface area contributed by atoms with Crippen molar-refractivity contribution in [2.24, 2.45) is 0 Å². The van der Waals surface area contributed by atoms with Gasteiger partial charge in [0.15, 0.2) is 0 Å². The fourth-order valence-electron chi connectivity index (χ4n) is 3.97. The van der Waals surface area contributed by atoms with Gasteiger partial charge in [-0.15, -0.1) is 0 Å². The molecule has 0 aromatic heterocycles. The van der Waals surface area contributed by atoms with Gasteiger partial charge in [-0.2, -0.15) is 0 Å². The van der Waals surface area contributed by atoms with E-state index in [4.69, 9.17) is 0 Å². The summed E-state index contributed by atoms with van der Waals surface area (Å²) in [7, 11) is 6.38. The van der Waals surface area contributed by atoms with Crippen molar-refractivity contribution in [2.75, 3.05) is 58.8 Å². The first kappa shape index (κ1) is 20.4. The van der Waals surface area contributed by atoms with Crippen LogP contribution in [0.25, 0.3) is 0 Å². The fourth-order valence-corrected chi connectivity index (χ4v) is 3.97. The Morgan fingerprint density at radius 2 is 1.68 bits per heavy atom. The number of hydrogen-bond acceptors (Lipinski definition) is 2. The van der Waals surface area contributed by atoms with Gasteiger partial charge >= 0.3 is 0 Å². The molecule has 3 rings (SSSR count). The van der Waals surface area contributed by atoms with Crippen LogP contribution in [0.5, 0.6) is 0 Å². The van der Waals surface area contributed by atoms with E-state index in [-0.39, 0.29) is 11.9 Å². The summed E-state index contributed by atoms with van der Waals surface area (Å²) in [6, 6.07) is 16.8. The lowest BCUT2D eigenvalue weighted by Crippen LogP contribution is -3.27. The molecule has 28 heavy (non-hydrogen) atoms. The van der Waals surface area contributed by atoms with E-state index in [2.05, 4.69) is 55.6 Å². The fraction of sp³-hybridized carbons (Fsp3) is 0.435. The van der Waals surface area contributed by atoms with Gasteiger partial charge in [0.05, 0.1) is 13.6 Å². The van der Waals surface area contributed by atoms with Crippen molar-refractivity contribution in [3.8, 4) is 0 Å². The Morgan fingerprint density at radius 3 is 2.29 bits per heavy atom. The van der Waals surface area contributed by atoms with Crippen LogP contribution in [0.15, 0.2) is 48.5 Å². The molecular weight excluding hydrogens is 348 g/mol. The van der Waals surface area contributed by atoms with Gasteiger partial charge in [-0.05, 0) is 30.7 Å². The SMILES string of the molecule is Cc1ccccc1C(=O)NC[C@@H](c1ccc(N(C)C)cc1)[NH+]1CC[NH+](C)CC1. The highest BCUT2D eigenvalue weighted by atomic mass is 16.1. The lowest BCUT2D eigenvalue weighted by molar-refractivity contribution is -1.02. The number of carbonyl (C=O) groups is 1. The molecule has 150 valence electrons. The van der Waals surface area contributed by atoms with Gasteiger partial charge in [0.25, 0.3) is 5.91 Å². The molecule has 0 spiro atoms. The smallest absolute Gasteiger partial charge is 0.251 e. The van der Waals surface area contributed by atoms with E-state index in [1.165, 1.54) is 24.3 Å². The average Bonchev–Trinajstić information content (AvgIpc) is 2.70. The summed E-state index contributed by atoms with van der Waals surface area (Å²) in [6.07, 6.45) is 0. The zero-order valence-electron chi connectivity index (χ0n) is 17.6. The van der Waals surface area contributed by atoms with Crippen LogP contribution in [0, 0.1) is 6.92 Å². The van der Waals surface area contributed by atoms with Gasteiger partial charge < -0.3 is 20.0 Å². The summed E-state index contributed by atoms with van der Waals surface area (Å²) in [4.78, 5) is 18.0. The monoisotopic (exact) mass is 382 g/mol. The van der Waals surface area contributed by atoms with Crippen molar-refractivity contribution >= 4 is 11.6 Å². The van der Waals surface area contributed by atoms with Crippen molar-refractivity contribution in [3.63, 3.8) is 0 Å². The van der Waals surface area contributed by atoms with E-state index in [1.54, 1.807) is 9.80 Å². The number of anilines is 1. The Morgan fingerprint density at radius 1 is 1.04 bits per heavy atom. The Kier molecular flexibility index (Phi) is 6.70. The first-order valence-electron chi connectivity index (χ1n) is 10.2. The molecule has 1 amide bonds. The van der Waals surface area contributed by atoms with Gasteiger partial charge in [0, 0.05) is 30.9 Å². The Hall–Kier alpha value is -2.37. The van der Waals surface area contributed by atoms with Crippen LogP contribution in [-0.2, 0) is 0 Å². The number of hydrogen-bond donors (Lipinski definition) is 3. The van der Waals surface area contributed by atoms with Gasteiger partial charge in [0.2, 0.25) is 0 Å². The number of aryl methyl sites for hydroxylation is 1. The molecule has 0 bridgehead atoms. The predicted molar refractivity (Wildman–Crippen MR) is 114 cm³/mol. The van der Waals surface area contributed by atoms with Crippen LogP contribution in [0.4, 0.5) is 5.69 Å². The molecule has 2 aromatic carbocycles. The molecular formula is C23H34N4O+2. The van der Waals surface area contributed by atoms with E-state index >= 15 is 0 Å². The van der Waals surface area contributed by atoms with Crippen molar-refractivity contribution < 1.29 is 14.6 Å². The number of amides is 1. The number of rotatable bonds is 6. The van der Waals surface area contributed by atoms with Crippen LogP contribution in [0.2, 0.25) is 0 Å². The third-order valence-corrected chi connectivity index (χ3v) is 5.91. The zero-order valence-corrected chi connectivity index (χ0v) is 17.6. The molecule has 5 heteroatoms. The molecule has 1 aliphatic rings. The zero-order chi connectivity index (χ0) is 20.1. The summed E-state index contributed by atoms with van der Waals surface area (Å²) in [6.45, 7) is 7.25. The second-order valence-electron chi connectivity index (χ2n) is 8.18. The highest BCUT2D eigenvalue weighted by molar-refractivity contribution is 5.95. The number of nitrogens with one attached hydrogen (secondary N) is 3. The van der Waals surface area contributed by atoms with E-state index in [0.717, 1.165) is 24.2 Å². The molecule has 0 unspecified atom stereocenters. The summed E-state index contributed by atoms with van der Waals surface area (Å²) in [5, 5.41) is 3.21. The molecule has 1 atom stereocenters. The number of likely N-dealkylation sites (N-methyl/N-ethyl adjacent to an activating group) is 1. The molecule has 0 radical (unpaired) electrons. The van der Waals surface area contributed by atoms with Crippen LogP contribution < -0.4 is 20.0 Å². The third kappa shape index (κ3) is 4.91. The second kappa shape index (κ2) is 9.22. The first-order valence-corrected chi connectivity index (χ1v) is 10.2. The lowest BCUT2D eigenvalue weighted by Gasteiger charge is -2.33. The quantitative estimate of drug-likeness (QED) is 0.656. The number of piperazine rings is 1. The third-order valence-electron chi connectivity index (χ3n) is 5.91. The molecule has 0 saturated carbocycles. The van der Waals surface area contributed by atoms with Crippen molar-refractivity contribution in [2.45, 2.75) is 13.0 Å². The van der Waals surface area contributed by atoms with Gasteiger partial charge in [0.1, 0.15) is 32.2 Å². The number of quaternary nitrogens is 2. The summed E-state index contributed by atoms with van der Waals surface area (Å²) in [5.41, 5.74) is 4.28. The van der Waals surface area contributed by atoms with E-state index in [0.29, 0.717) is 6.54 Å². The second-order valence-corrected chi connectivity index (χ2v) is 8.18. The largest absolute Gasteiger partial charge is 0.378 e. The highest BCUT2D eigenvalue weighted by Gasteiger charge is 2.29. The normalized spacial score (nSPS) is 20.4. The molecule has 1 fully saturated rings. The molecule has 1 saturated heterocycles. The molecule has 2 aromatic rings. The number of nitrogens with zero attached hydrogens (tertiary/aromatic N) is 1. The first-order chi connectivity index (χ1) is 13.5. The van der Waals surface area contributed by atoms with Crippen LogP contribution in [-0.4, -0.2) is 59.8 Å². The van der Waals surface area contributed by atoms with Gasteiger partial charge in [-0.3, -0.25) is 4.79 Å². The van der Waals surface area contributed by atoms with Crippen LogP contribution in [0.1, 0.15) is 27.5 Å². The highest BCUT2D eigenvalue weighted by Crippen LogP contribution is 2.16. The molecule has 0 aliphatic carbocycles. The van der Waals surface area contributed by atoms with Crippen LogP contribution in [0.3, 0.4) is 0 Å². The Bertz CT molecular complexity index is 779. The average molecular weight is 383 g/mol. The summed E-state index contributed by atoms with van der Waals surface area (Å²) in [5.74, 6) is 0.0205. The molecule has 5 nitrogen and oxygen atoms in total. The Labute approximate surface area is 168 Å². The summed E-state index contributed by atoms with van der Waals surface area (Å²) >= 11 is 0. The maximum absolute atomic E-state index is 12.7. The Balaban J connectivity index is 1.76. The molecule has 3 N–H and O–H groups in total. The minimum absolute atomic E-state index is 0.0205. The van der Waals surface area contributed by atoms with Crippen molar-refractivity contribution in [3.05, 3.63) is 65.2 Å². The maximum Gasteiger partial charge on any atom is 0.251 e. The standard InChI is InChI=1S/C23H32N4O/c1-18-7-5-6-8-21(18)23(28)24-17-22(27-15-13-26(4)14-16-27)19-9-11-20(12-10-19)25(2)3/h5-12,22H,13-17H2,1-4H3,(H,24,28)/p+2/t22-/m0/s1. The van der Waals surface area contributed by atoms with Gasteiger partial charge in [-0.25, -0.2) is 0 Å². The minimum Gasteiger partial charge on any atom is -0.378 e. The van der Waals surface area contributed by atoms with Gasteiger partial charge in [-0.1, -0.05) is 30.3 Å².